The fourth-order valence-electron chi connectivity index (χ4n) is 2.76. The second kappa shape index (κ2) is 6.40. The Morgan fingerprint density at radius 2 is 1.57 bits per heavy atom. The summed E-state index contributed by atoms with van der Waals surface area (Å²) in [4.78, 5) is 0. The molecule has 0 radical (unpaired) electrons. The van der Waals surface area contributed by atoms with Crippen LogP contribution in [0.15, 0.2) is 48.5 Å². The summed E-state index contributed by atoms with van der Waals surface area (Å²) in [6.45, 7) is 6.51. The van der Waals surface area contributed by atoms with Crippen LogP contribution in [0.3, 0.4) is 0 Å². The van der Waals surface area contributed by atoms with Gasteiger partial charge in [-0.25, -0.2) is 4.39 Å². The highest BCUT2D eigenvalue weighted by Gasteiger charge is 2.30. The zero-order valence-electron chi connectivity index (χ0n) is 13.3. The smallest absolute Gasteiger partial charge is 0.123 e. The first-order valence-electron chi connectivity index (χ1n) is 7.42. The van der Waals surface area contributed by atoms with E-state index in [1.165, 1.54) is 23.3 Å². The molecule has 0 bridgehead atoms. The standard InChI is InChI=1S/C19H24FN/c1-14-5-7-15(8-6-14)13-18(21-4)19(2,3)16-9-11-17(20)12-10-16/h5-12,18,21H,13H2,1-4H3. The Balaban J connectivity index is 2.22. The van der Waals surface area contributed by atoms with Crippen LogP contribution < -0.4 is 5.32 Å². The molecule has 0 aliphatic heterocycles. The summed E-state index contributed by atoms with van der Waals surface area (Å²) in [5.41, 5.74) is 3.66. The van der Waals surface area contributed by atoms with E-state index >= 15 is 0 Å². The Morgan fingerprint density at radius 1 is 1.00 bits per heavy atom. The van der Waals surface area contributed by atoms with Gasteiger partial charge < -0.3 is 5.32 Å². The second-order valence-corrected chi connectivity index (χ2v) is 6.26. The lowest BCUT2D eigenvalue weighted by Crippen LogP contribution is -2.44. The maximum atomic E-state index is 13.1. The predicted octanol–water partition coefficient (Wildman–Crippen LogP) is 4.24. The average molecular weight is 285 g/mol. The van der Waals surface area contributed by atoms with Gasteiger partial charge in [-0.1, -0.05) is 55.8 Å². The summed E-state index contributed by atoms with van der Waals surface area (Å²) in [7, 11) is 1.99. The lowest BCUT2D eigenvalue weighted by molar-refractivity contribution is 0.356. The molecule has 112 valence electrons. The number of hydrogen-bond acceptors (Lipinski definition) is 1. The number of halogens is 1. The largest absolute Gasteiger partial charge is 0.316 e. The van der Waals surface area contributed by atoms with Gasteiger partial charge in [0.1, 0.15) is 5.82 Å². The van der Waals surface area contributed by atoms with Gasteiger partial charge in [-0.2, -0.15) is 0 Å². The summed E-state index contributed by atoms with van der Waals surface area (Å²) < 4.78 is 13.1. The second-order valence-electron chi connectivity index (χ2n) is 6.26. The Labute approximate surface area is 127 Å². The molecule has 0 saturated carbocycles. The minimum atomic E-state index is -0.186. The van der Waals surface area contributed by atoms with Crippen LogP contribution in [0.1, 0.15) is 30.5 Å². The molecule has 0 saturated heterocycles. The zero-order chi connectivity index (χ0) is 15.5. The SMILES string of the molecule is CNC(Cc1ccc(C)cc1)C(C)(C)c1ccc(F)cc1. The fourth-order valence-corrected chi connectivity index (χ4v) is 2.76. The predicted molar refractivity (Wildman–Crippen MR) is 87.2 cm³/mol. The molecule has 0 spiro atoms. The van der Waals surface area contributed by atoms with Crippen LogP contribution in [0, 0.1) is 12.7 Å². The first-order chi connectivity index (χ1) is 9.93. The summed E-state index contributed by atoms with van der Waals surface area (Å²) >= 11 is 0. The quantitative estimate of drug-likeness (QED) is 0.866. The molecule has 1 nitrogen and oxygen atoms in total. The van der Waals surface area contributed by atoms with Crippen LogP contribution in [-0.4, -0.2) is 13.1 Å². The third kappa shape index (κ3) is 3.70. The number of rotatable bonds is 5. The zero-order valence-corrected chi connectivity index (χ0v) is 13.3. The van der Waals surface area contributed by atoms with Crippen molar-refractivity contribution in [3.8, 4) is 0 Å². The molecule has 2 rings (SSSR count). The number of likely N-dealkylation sites (N-methyl/N-ethyl adjacent to an activating group) is 1. The number of hydrogen-bond donors (Lipinski definition) is 1. The Bertz CT molecular complexity index is 570. The molecule has 0 aliphatic carbocycles. The van der Waals surface area contributed by atoms with Crippen molar-refractivity contribution in [2.24, 2.45) is 0 Å². The number of aryl methyl sites for hydroxylation is 1. The Morgan fingerprint density at radius 3 is 2.10 bits per heavy atom. The van der Waals surface area contributed by atoms with Crippen molar-refractivity contribution in [3.63, 3.8) is 0 Å². The summed E-state index contributed by atoms with van der Waals surface area (Å²) in [5.74, 6) is -0.186. The molecule has 0 aromatic heterocycles. The van der Waals surface area contributed by atoms with Crippen LogP contribution >= 0.6 is 0 Å². The van der Waals surface area contributed by atoms with Crippen molar-refractivity contribution in [1.29, 1.82) is 0 Å². The average Bonchev–Trinajstić information content (AvgIpc) is 2.47. The molecule has 2 heteroatoms. The Hall–Kier alpha value is -1.67. The molecule has 0 aliphatic rings. The van der Waals surface area contributed by atoms with E-state index in [1.54, 1.807) is 0 Å². The van der Waals surface area contributed by atoms with Gasteiger partial charge >= 0.3 is 0 Å². The summed E-state index contributed by atoms with van der Waals surface area (Å²) in [6.07, 6.45) is 0.946. The minimum Gasteiger partial charge on any atom is -0.316 e. The molecule has 1 N–H and O–H groups in total. The normalized spacial score (nSPS) is 13.2. The summed E-state index contributed by atoms with van der Waals surface area (Å²) in [5, 5.41) is 3.42. The highest BCUT2D eigenvalue weighted by atomic mass is 19.1. The molecule has 1 atom stereocenters. The van der Waals surface area contributed by atoms with Gasteiger partial charge in [-0.05, 0) is 43.7 Å². The van der Waals surface area contributed by atoms with Crippen LogP contribution in [0.2, 0.25) is 0 Å². The number of nitrogens with one attached hydrogen (secondary N) is 1. The van der Waals surface area contributed by atoms with Gasteiger partial charge in [0.25, 0.3) is 0 Å². The van der Waals surface area contributed by atoms with Gasteiger partial charge in [0.05, 0.1) is 0 Å². The monoisotopic (exact) mass is 285 g/mol. The fraction of sp³-hybridized carbons (Fsp3) is 0.368. The van der Waals surface area contributed by atoms with E-state index in [4.69, 9.17) is 0 Å². The third-order valence-corrected chi connectivity index (χ3v) is 4.37. The maximum Gasteiger partial charge on any atom is 0.123 e. The maximum absolute atomic E-state index is 13.1. The van der Waals surface area contributed by atoms with Gasteiger partial charge in [-0.15, -0.1) is 0 Å². The van der Waals surface area contributed by atoms with Crippen LogP contribution in [0.4, 0.5) is 4.39 Å². The van der Waals surface area contributed by atoms with E-state index in [-0.39, 0.29) is 17.3 Å². The molecule has 0 heterocycles. The molecule has 21 heavy (non-hydrogen) atoms. The van der Waals surface area contributed by atoms with E-state index in [9.17, 15) is 4.39 Å². The highest BCUT2D eigenvalue weighted by Crippen LogP contribution is 2.29. The molecular formula is C19H24FN. The topological polar surface area (TPSA) is 12.0 Å². The molecular weight excluding hydrogens is 261 g/mol. The van der Waals surface area contributed by atoms with Crippen molar-refractivity contribution in [2.45, 2.75) is 38.6 Å². The van der Waals surface area contributed by atoms with E-state index in [0.717, 1.165) is 12.0 Å². The van der Waals surface area contributed by atoms with Crippen LogP contribution in [-0.2, 0) is 11.8 Å². The number of benzene rings is 2. The lowest BCUT2D eigenvalue weighted by atomic mass is 9.75. The van der Waals surface area contributed by atoms with Crippen LogP contribution in [0.5, 0.6) is 0 Å². The van der Waals surface area contributed by atoms with E-state index in [0.29, 0.717) is 0 Å². The van der Waals surface area contributed by atoms with Crippen molar-refractivity contribution in [1.82, 2.24) is 5.32 Å². The van der Waals surface area contributed by atoms with E-state index < -0.39 is 0 Å². The van der Waals surface area contributed by atoms with Crippen molar-refractivity contribution in [3.05, 3.63) is 71.0 Å². The van der Waals surface area contributed by atoms with Gasteiger partial charge in [0, 0.05) is 11.5 Å². The van der Waals surface area contributed by atoms with Gasteiger partial charge in [0.2, 0.25) is 0 Å². The lowest BCUT2D eigenvalue weighted by Gasteiger charge is -2.35. The summed E-state index contributed by atoms with van der Waals surface area (Å²) in [6, 6.07) is 15.8. The van der Waals surface area contributed by atoms with Crippen LogP contribution in [0.25, 0.3) is 0 Å². The molecule has 2 aromatic carbocycles. The van der Waals surface area contributed by atoms with E-state index in [2.05, 4.69) is 50.4 Å². The molecule has 1 unspecified atom stereocenters. The van der Waals surface area contributed by atoms with E-state index in [1.807, 2.05) is 19.2 Å². The first-order valence-corrected chi connectivity index (χ1v) is 7.42. The first kappa shape index (κ1) is 15.7. The van der Waals surface area contributed by atoms with Gasteiger partial charge in [0.15, 0.2) is 0 Å². The molecule has 0 fully saturated rings. The third-order valence-electron chi connectivity index (χ3n) is 4.37. The Kier molecular flexibility index (Phi) is 4.79. The minimum absolute atomic E-state index is 0.0761. The molecule has 0 amide bonds. The van der Waals surface area contributed by atoms with Crippen molar-refractivity contribution in [2.75, 3.05) is 7.05 Å². The highest BCUT2D eigenvalue weighted by molar-refractivity contribution is 5.29. The van der Waals surface area contributed by atoms with Crippen molar-refractivity contribution < 1.29 is 4.39 Å². The van der Waals surface area contributed by atoms with Crippen molar-refractivity contribution >= 4 is 0 Å². The van der Waals surface area contributed by atoms with Gasteiger partial charge in [-0.3, -0.25) is 0 Å². The molecule has 2 aromatic rings.